The molecule has 4 nitrogen and oxygen atoms in total. The molecule has 0 amide bonds. The van der Waals surface area contributed by atoms with Crippen molar-refractivity contribution < 1.29 is 14.2 Å². The number of nitrogens with zero attached hydrogens (tertiary/aromatic N) is 1. The minimum absolute atomic E-state index is 0.645. The number of hydrogen-bond acceptors (Lipinski definition) is 4. The summed E-state index contributed by atoms with van der Waals surface area (Å²) in [5.74, 6) is 0. The molecular formula is C13H28BrNO3. The molecule has 0 unspecified atom stereocenters. The topological polar surface area (TPSA) is 30.9 Å². The summed E-state index contributed by atoms with van der Waals surface area (Å²) in [6.45, 7) is 8.87. The molecule has 0 spiro atoms. The number of alkyl halides is 1. The van der Waals surface area contributed by atoms with Gasteiger partial charge in [0.15, 0.2) is 0 Å². The highest BCUT2D eigenvalue weighted by atomic mass is 79.9. The number of rotatable bonds is 14. The van der Waals surface area contributed by atoms with Crippen LogP contribution in [-0.2, 0) is 14.2 Å². The van der Waals surface area contributed by atoms with Crippen molar-refractivity contribution in [3.63, 3.8) is 0 Å². The number of unbranched alkanes of at least 4 members (excludes halogenated alkanes) is 1. The highest BCUT2D eigenvalue weighted by Crippen LogP contribution is 1.96. The average molecular weight is 326 g/mol. The predicted molar refractivity (Wildman–Crippen MR) is 78.7 cm³/mol. The molecule has 0 rings (SSSR count). The van der Waals surface area contributed by atoms with Crippen molar-refractivity contribution in [2.75, 3.05) is 65.1 Å². The van der Waals surface area contributed by atoms with E-state index in [1.54, 1.807) is 7.11 Å². The van der Waals surface area contributed by atoms with Crippen molar-refractivity contribution in [1.29, 1.82) is 0 Å². The number of hydrogen-bond donors (Lipinski definition) is 0. The molecule has 0 aromatic carbocycles. The zero-order chi connectivity index (χ0) is 13.5. The van der Waals surface area contributed by atoms with Crippen LogP contribution in [0.1, 0.15) is 19.8 Å². The van der Waals surface area contributed by atoms with Gasteiger partial charge in [0.25, 0.3) is 0 Å². The summed E-state index contributed by atoms with van der Waals surface area (Å²) in [4.78, 5) is 2.43. The van der Waals surface area contributed by atoms with Crippen LogP contribution in [0.25, 0.3) is 0 Å². The van der Waals surface area contributed by atoms with Crippen molar-refractivity contribution >= 4 is 15.9 Å². The summed E-state index contributed by atoms with van der Waals surface area (Å²) in [5, 5.41) is 1.02. The molecule has 0 aliphatic heterocycles. The van der Waals surface area contributed by atoms with Crippen LogP contribution in [0.2, 0.25) is 0 Å². The van der Waals surface area contributed by atoms with Gasteiger partial charge in [0.2, 0.25) is 0 Å². The molecule has 0 aromatic heterocycles. The molecule has 0 atom stereocenters. The lowest BCUT2D eigenvalue weighted by atomic mass is 10.3. The summed E-state index contributed by atoms with van der Waals surface area (Å²) >= 11 is 3.49. The van der Waals surface area contributed by atoms with Gasteiger partial charge in [-0.3, -0.25) is 0 Å². The van der Waals surface area contributed by atoms with Gasteiger partial charge in [-0.1, -0.05) is 29.3 Å². The lowest BCUT2D eigenvalue weighted by Crippen LogP contribution is -2.30. The molecule has 0 radical (unpaired) electrons. The quantitative estimate of drug-likeness (QED) is 0.362. The van der Waals surface area contributed by atoms with E-state index in [1.165, 1.54) is 12.8 Å². The van der Waals surface area contributed by atoms with Crippen molar-refractivity contribution in [1.82, 2.24) is 4.90 Å². The van der Waals surface area contributed by atoms with E-state index in [1.807, 2.05) is 0 Å². The molecule has 0 saturated carbocycles. The van der Waals surface area contributed by atoms with Gasteiger partial charge in [-0.05, 0) is 13.0 Å². The zero-order valence-corrected chi connectivity index (χ0v) is 13.4. The molecule has 0 N–H and O–H groups in total. The highest BCUT2D eigenvalue weighted by Gasteiger charge is 2.02. The van der Waals surface area contributed by atoms with Gasteiger partial charge in [-0.15, -0.1) is 0 Å². The van der Waals surface area contributed by atoms with E-state index in [4.69, 9.17) is 14.2 Å². The summed E-state index contributed by atoms with van der Waals surface area (Å²) in [6, 6.07) is 0. The van der Waals surface area contributed by atoms with Crippen LogP contribution in [0.5, 0.6) is 0 Å². The summed E-state index contributed by atoms with van der Waals surface area (Å²) in [6.07, 6.45) is 2.50. The van der Waals surface area contributed by atoms with Gasteiger partial charge < -0.3 is 19.1 Å². The van der Waals surface area contributed by atoms with Crippen LogP contribution < -0.4 is 0 Å². The normalized spacial score (nSPS) is 11.3. The fraction of sp³-hybridized carbons (Fsp3) is 1.00. The minimum atomic E-state index is 0.645. The van der Waals surface area contributed by atoms with Gasteiger partial charge >= 0.3 is 0 Å². The number of halogens is 1. The van der Waals surface area contributed by atoms with Gasteiger partial charge in [0.1, 0.15) is 0 Å². The lowest BCUT2D eigenvalue weighted by Gasteiger charge is -2.20. The van der Waals surface area contributed by atoms with Crippen LogP contribution in [0, 0.1) is 0 Å². The highest BCUT2D eigenvalue weighted by molar-refractivity contribution is 9.09. The van der Waals surface area contributed by atoms with Crippen LogP contribution >= 0.6 is 15.9 Å². The SMILES string of the molecule is CCCCN(CCBr)CCOCCOCCOC. The van der Waals surface area contributed by atoms with E-state index < -0.39 is 0 Å². The van der Waals surface area contributed by atoms with E-state index in [2.05, 4.69) is 27.8 Å². The second kappa shape index (κ2) is 15.4. The van der Waals surface area contributed by atoms with Crippen LogP contribution in [-0.4, -0.2) is 70.0 Å². The van der Waals surface area contributed by atoms with E-state index in [9.17, 15) is 0 Å². The monoisotopic (exact) mass is 325 g/mol. The Morgan fingerprint density at radius 1 is 0.889 bits per heavy atom. The zero-order valence-electron chi connectivity index (χ0n) is 11.8. The maximum absolute atomic E-state index is 5.55. The Hall–Kier alpha value is 0.320. The Labute approximate surface area is 120 Å². The molecule has 0 aliphatic carbocycles. The second-order valence-electron chi connectivity index (χ2n) is 4.10. The summed E-state index contributed by atoms with van der Waals surface area (Å²) in [5.41, 5.74) is 0. The Kier molecular flexibility index (Phi) is 15.7. The smallest absolute Gasteiger partial charge is 0.0701 e. The van der Waals surface area contributed by atoms with Crippen LogP contribution in [0.15, 0.2) is 0 Å². The molecule has 110 valence electrons. The average Bonchev–Trinajstić information content (AvgIpc) is 2.39. The van der Waals surface area contributed by atoms with E-state index in [-0.39, 0.29) is 0 Å². The molecule has 5 heteroatoms. The standard InChI is InChI=1S/C13H28BrNO3/c1-3-4-6-15(7-5-14)8-9-17-12-13-18-11-10-16-2/h3-13H2,1-2H3. The first-order valence-corrected chi connectivity index (χ1v) is 7.90. The van der Waals surface area contributed by atoms with Crippen molar-refractivity contribution in [3.05, 3.63) is 0 Å². The lowest BCUT2D eigenvalue weighted by molar-refractivity contribution is 0.0198. The number of ether oxygens (including phenoxy) is 3. The molecule has 0 saturated heterocycles. The molecule has 0 bridgehead atoms. The Morgan fingerprint density at radius 3 is 2.17 bits per heavy atom. The summed E-state index contributed by atoms with van der Waals surface area (Å²) < 4.78 is 15.8. The van der Waals surface area contributed by atoms with Gasteiger partial charge in [-0.2, -0.15) is 0 Å². The molecular weight excluding hydrogens is 298 g/mol. The van der Waals surface area contributed by atoms with Gasteiger partial charge in [-0.25, -0.2) is 0 Å². The molecule has 0 fully saturated rings. The van der Waals surface area contributed by atoms with E-state index in [0.29, 0.717) is 26.4 Å². The van der Waals surface area contributed by atoms with Gasteiger partial charge in [0.05, 0.1) is 33.0 Å². The maximum Gasteiger partial charge on any atom is 0.0701 e. The first-order valence-electron chi connectivity index (χ1n) is 6.77. The third-order valence-electron chi connectivity index (χ3n) is 2.58. The van der Waals surface area contributed by atoms with Crippen LogP contribution in [0.4, 0.5) is 0 Å². The van der Waals surface area contributed by atoms with Gasteiger partial charge in [0, 0.05) is 25.5 Å². The Bertz CT molecular complexity index is 161. The van der Waals surface area contributed by atoms with Crippen molar-refractivity contribution in [3.8, 4) is 0 Å². The Morgan fingerprint density at radius 2 is 1.56 bits per heavy atom. The molecule has 0 aliphatic rings. The van der Waals surface area contributed by atoms with Crippen LogP contribution in [0.3, 0.4) is 0 Å². The fourth-order valence-electron chi connectivity index (χ4n) is 1.49. The van der Waals surface area contributed by atoms with E-state index in [0.717, 1.165) is 31.6 Å². The first-order chi connectivity index (χ1) is 8.85. The Balaban J connectivity index is 3.31. The summed E-state index contributed by atoms with van der Waals surface area (Å²) in [7, 11) is 1.68. The molecule has 0 aromatic rings. The largest absolute Gasteiger partial charge is 0.382 e. The van der Waals surface area contributed by atoms with Crippen molar-refractivity contribution in [2.45, 2.75) is 19.8 Å². The second-order valence-corrected chi connectivity index (χ2v) is 4.89. The molecule has 18 heavy (non-hydrogen) atoms. The third-order valence-corrected chi connectivity index (χ3v) is 2.94. The third kappa shape index (κ3) is 12.8. The fourth-order valence-corrected chi connectivity index (χ4v) is 2.00. The number of methoxy groups -OCH3 is 1. The maximum atomic E-state index is 5.55. The predicted octanol–water partition coefficient (Wildman–Crippen LogP) is 2.16. The minimum Gasteiger partial charge on any atom is -0.382 e. The van der Waals surface area contributed by atoms with E-state index >= 15 is 0 Å². The van der Waals surface area contributed by atoms with Crippen molar-refractivity contribution in [2.24, 2.45) is 0 Å². The first kappa shape index (κ1) is 18.3. The molecule has 0 heterocycles.